The van der Waals surface area contributed by atoms with Crippen LogP contribution in [-0.2, 0) is 13.1 Å². The molecule has 0 aromatic carbocycles. The maximum Gasteiger partial charge on any atom is 0.107 e. The van der Waals surface area contributed by atoms with Crippen LogP contribution in [0.15, 0.2) is 5.38 Å². The van der Waals surface area contributed by atoms with Crippen LogP contribution in [0.3, 0.4) is 0 Å². The van der Waals surface area contributed by atoms with E-state index in [1.54, 1.807) is 11.3 Å². The van der Waals surface area contributed by atoms with Crippen molar-refractivity contribution in [3.05, 3.63) is 16.1 Å². The van der Waals surface area contributed by atoms with Gasteiger partial charge >= 0.3 is 0 Å². The Morgan fingerprint density at radius 3 is 2.90 bits per heavy atom. The van der Waals surface area contributed by atoms with Crippen LogP contribution >= 0.6 is 11.3 Å². The Labute approximate surface area is 127 Å². The number of rotatable bonds is 6. The zero-order valence-electron chi connectivity index (χ0n) is 13.3. The molecule has 1 aromatic rings. The van der Waals surface area contributed by atoms with Gasteiger partial charge in [-0.25, -0.2) is 4.98 Å². The minimum absolute atomic E-state index is 0.264. The van der Waals surface area contributed by atoms with Gasteiger partial charge in [0.2, 0.25) is 0 Å². The Hall–Kier alpha value is -0.490. The highest BCUT2D eigenvalue weighted by Gasteiger charge is 2.30. The summed E-state index contributed by atoms with van der Waals surface area (Å²) in [6.07, 6.45) is 1.18. The number of aromatic nitrogens is 1. The lowest BCUT2D eigenvalue weighted by atomic mass is 10.00. The highest BCUT2D eigenvalue weighted by Crippen LogP contribution is 2.21. The minimum Gasteiger partial charge on any atom is -0.310 e. The molecule has 1 N–H and O–H groups in total. The van der Waals surface area contributed by atoms with Crippen LogP contribution in [0.25, 0.3) is 0 Å². The summed E-state index contributed by atoms with van der Waals surface area (Å²) >= 11 is 1.78. The van der Waals surface area contributed by atoms with E-state index in [9.17, 15) is 0 Å². The summed E-state index contributed by atoms with van der Waals surface area (Å²) in [6.45, 7) is 13.2. The fourth-order valence-electron chi connectivity index (χ4n) is 2.58. The summed E-state index contributed by atoms with van der Waals surface area (Å²) in [7, 11) is 2.22. The molecule has 0 saturated carbocycles. The fraction of sp³-hybridized carbons (Fsp3) is 0.800. The highest BCUT2D eigenvalue weighted by molar-refractivity contribution is 7.09. The first-order chi connectivity index (χ1) is 9.51. The second-order valence-electron chi connectivity index (χ2n) is 6.35. The molecular weight excluding hydrogens is 268 g/mol. The Morgan fingerprint density at radius 2 is 2.20 bits per heavy atom. The largest absolute Gasteiger partial charge is 0.310 e. The first-order valence-corrected chi connectivity index (χ1v) is 8.47. The predicted octanol–water partition coefficient (Wildman–Crippen LogP) is 2.17. The second kappa shape index (κ2) is 6.98. The molecule has 0 atom stereocenters. The molecular formula is C15H28N4S. The zero-order valence-corrected chi connectivity index (χ0v) is 14.1. The Balaban J connectivity index is 1.84. The molecule has 4 nitrogen and oxygen atoms in total. The first-order valence-electron chi connectivity index (χ1n) is 7.59. The number of hydrogen-bond donors (Lipinski definition) is 1. The van der Waals surface area contributed by atoms with Gasteiger partial charge in [-0.05, 0) is 33.9 Å². The van der Waals surface area contributed by atoms with Crippen molar-refractivity contribution in [2.75, 3.05) is 33.2 Å². The van der Waals surface area contributed by atoms with Gasteiger partial charge in [0.25, 0.3) is 0 Å². The van der Waals surface area contributed by atoms with Crippen molar-refractivity contribution in [1.82, 2.24) is 20.1 Å². The quantitative estimate of drug-likeness (QED) is 0.815. The summed E-state index contributed by atoms with van der Waals surface area (Å²) < 4.78 is 0. The molecule has 0 amide bonds. The van der Waals surface area contributed by atoms with Crippen molar-refractivity contribution in [3.8, 4) is 0 Å². The zero-order chi connectivity index (χ0) is 14.6. The molecule has 2 heterocycles. The van der Waals surface area contributed by atoms with Crippen LogP contribution < -0.4 is 5.32 Å². The van der Waals surface area contributed by atoms with Gasteiger partial charge < -0.3 is 5.32 Å². The van der Waals surface area contributed by atoms with E-state index in [-0.39, 0.29) is 5.54 Å². The molecule has 0 spiro atoms. The molecule has 1 fully saturated rings. The highest BCUT2D eigenvalue weighted by atomic mass is 32.1. The molecule has 5 heteroatoms. The molecule has 0 radical (unpaired) electrons. The summed E-state index contributed by atoms with van der Waals surface area (Å²) in [4.78, 5) is 9.72. The average molecular weight is 296 g/mol. The van der Waals surface area contributed by atoms with Gasteiger partial charge in [0, 0.05) is 43.6 Å². The van der Waals surface area contributed by atoms with Crippen LogP contribution in [0.4, 0.5) is 0 Å². The molecule has 20 heavy (non-hydrogen) atoms. The number of nitrogens with one attached hydrogen (secondary N) is 1. The van der Waals surface area contributed by atoms with Crippen LogP contribution in [0, 0.1) is 0 Å². The molecule has 1 aromatic heterocycles. The Bertz CT molecular complexity index is 416. The van der Waals surface area contributed by atoms with Crippen molar-refractivity contribution in [1.29, 1.82) is 0 Å². The number of nitrogens with zero attached hydrogens (tertiary/aromatic N) is 3. The van der Waals surface area contributed by atoms with Crippen molar-refractivity contribution in [2.45, 2.75) is 45.8 Å². The number of thiazole rings is 1. The lowest BCUT2D eigenvalue weighted by Crippen LogP contribution is -2.57. The van der Waals surface area contributed by atoms with Gasteiger partial charge in [-0.3, -0.25) is 9.80 Å². The fourth-order valence-corrected chi connectivity index (χ4v) is 3.33. The molecule has 1 aliphatic heterocycles. The molecule has 0 aliphatic carbocycles. The minimum atomic E-state index is 0.264. The first kappa shape index (κ1) is 15.9. The summed E-state index contributed by atoms with van der Waals surface area (Å²) in [5, 5.41) is 6.84. The third-order valence-electron chi connectivity index (χ3n) is 4.08. The Morgan fingerprint density at radius 1 is 1.40 bits per heavy atom. The lowest BCUT2D eigenvalue weighted by molar-refractivity contribution is 0.0355. The van der Waals surface area contributed by atoms with Crippen LogP contribution in [0.1, 0.15) is 37.9 Å². The predicted molar refractivity (Wildman–Crippen MR) is 86.1 cm³/mol. The molecule has 1 aliphatic rings. The monoisotopic (exact) mass is 296 g/mol. The van der Waals surface area contributed by atoms with Crippen molar-refractivity contribution >= 4 is 11.3 Å². The van der Waals surface area contributed by atoms with Gasteiger partial charge in [0.05, 0.1) is 5.69 Å². The van der Waals surface area contributed by atoms with E-state index in [1.807, 2.05) is 0 Å². The number of piperazine rings is 1. The van der Waals surface area contributed by atoms with Crippen LogP contribution in [0.2, 0.25) is 0 Å². The molecule has 2 rings (SSSR count). The molecule has 1 saturated heterocycles. The van der Waals surface area contributed by atoms with Gasteiger partial charge in [-0.1, -0.05) is 6.92 Å². The normalized spacial score (nSPS) is 20.4. The van der Waals surface area contributed by atoms with E-state index in [2.05, 4.69) is 48.3 Å². The number of likely N-dealkylation sites (N-methyl/N-ethyl adjacent to an activating group) is 1. The third-order valence-corrected chi connectivity index (χ3v) is 4.98. The van der Waals surface area contributed by atoms with E-state index in [1.165, 1.54) is 17.1 Å². The second-order valence-corrected chi connectivity index (χ2v) is 7.30. The van der Waals surface area contributed by atoms with Gasteiger partial charge in [-0.2, -0.15) is 0 Å². The maximum absolute atomic E-state index is 4.74. The molecule has 0 unspecified atom stereocenters. The van der Waals surface area contributed by atoms with Crippen LogP contribution in [0.5, 0.6) is 0 Å². The van der Waals surface area contributed by atoms with Gasteiger partial charge in [0.15, 0.2) is 0 Å². The SMILES string of the molecule is CCCNCc1nc(CN2CCN(C)C(C)(C)C2)cs1. The third kappa shape index (κ3) is 4.25. The van der Waals surface area contributed by atoms with E-state index in [0.29, 0.717) is 0 Å². The standard InChI is InChI=1S/C15H28N4S/c1-5-6-16-9-14-17-13(11-20-14)10-19-8-7-18(4)15(2,3)12-19/h11,16H,5-10,12H2,1-4H3. The smallest absolute Gasteiger partial charge is 0.107 e. The Kier molecular flexibility index (Phi) is 5.55. The topological polar surface area (TPSA) is 31.4 Å². The van der Waals surface area contributed by atoms with Gasteiger partial charge in [-0.15, -0.1) is 11.3 Å². The summed E-state index contributed by atoms with van der Waals surface area (Å²) in [5.41, 5.74) is 1.49. The lowest BCUT2D eigenvalue weighted by Gasteiger charge is -2.45. The maximum atomic E-state index is 4.74. The average Bonchev–Trinajstić information content (AvgIpc) is 2.82. The molecule has 0 bridgehead atoms. The van der Waals surface area contributed by atoms with Crippen LogP contribution in [-0.4, -0.2) is 53.5 Å². The van der Waals surface area contributed by atoms with Gasteiger partial charge in [0.1, 0.15) is 5.01 Å². The molecule has 114 valence electrons. The van der Waals surface area contributed by atoms with Crippen molar-refractivity contribution in [3.63, 3.8) is 0 Å². The van der Waals surface area contributed by atoms with E-state index >= 15 is 0 Å². The van der Waals surface area contributed by atoms with Crippen molar-refractivity contribution in [2.24, 2.45) is 0 Å². The van der Waals surface area contributed by atoms with Crippen molar-refractivity contribution < 1.29 is 0 Å². The number of hydrogen-bond acceptors (Lipinski definition) is 5. The van der Waals surface area contributed by atoms with E-state index in [0.717, 1.165) is 39.3 Å². The summed E-state index contributed by atoms with van der Waals surface area (Å²) in [6, 6.07) is 0. The van der Waals surface area contributed by atoms with E-state index in [4.69, 9.17) is 4.98 Å². The van der Waals surface area contributed by atoms with E-state index < -0.39 is 0 Å². The summed E-state index contributed by atoms with van der Waals surface area (Å²) in [5.74, 6) is 0.